The fourth-order valence-electron chi connectivity index (χ4n) is 2.69. The quantitative estimate of drug-likeness (QED) is 0.910. The van der Waals surface area contributed by atoms with Crippen LogP contribution in [0.1, 0.15) is 5.56 Å². The van der Waals surface area contributed by atoms with E-state index < -0.39 is 0 Å². The van der Waals surface area contributed by atoms with Gasteiger partial charge in [-0.2, -0.15) is 5.10 Å². The summed E-state index contributed by atoms with van der Waals surface area (Å²) in [4.78, 5) is 2.36. The molecule has 2 heterocycles. The van der Waals surface area contributed by atoms with Crippen molar-refractivity contribution in [2.45, 2.75) is 6.54 Å². The zero-order valence-electron chi connectivity index (χ0n) is 11.5. The molecule has 1 aromatic heterocycles. The van der Waals surface area contributed by atoms with Gasteiger partial charge in [0.15, 0.2) is 0 Å². The number of H-pyrrole nitrogens is 1. The van der Waals surface area contributed by atoms with Crippen molar-refractivity contribution in [1.29, 1.82) is 0 Å². The highest BCUT2D eigenvalue weighted by molar-refractivity contribution is 5.62. The van der Waals surface area contributed by atoms with Crippen molar-refractivity contribution >= 4 is 0 Å². The van der Waals surface area contributed by atoms with Gasteiger partial charge in [0.1, 0.15) is 5.82 Å². The molecule has 0 unspecified atom stereocenters. The summed E-state index contributed by atoms with van der Waals surface area (Å²) in [5.41, 5.74) is 3.08. The van der Waals surface area contributed by atoms with Gasteiger partial charge in [0.25, 0.3) is 0 Å². The maximum atomic E-state index is 13.0. The van der Waals surface area contributed by atoms with E-state index in [1.54, 1.807) is 19.2 Å². The Balaban J connectivity index is 1.67. The standard InChI is InChI=1S/C15H18FN3O/c1-20-10-11-7-19(8-11)9-13-6-17-18-15(13)12-2-4-14(16)5-3-12/h2-6,11H,7-10H2,1H3,(H,17,18). The first kappa shape index (κ1) is 13.3. The second-order valence-corrected chi connectivity index (χ2v) is 5.29. The average molecular weight is 275 g/mol. The Bertz CT molecular complexity index is 561. The highest BCUT2D eigenvalue weighted by Crippen LogP contribution is 2.25. The lowest BCUT2D eigenvalue weighted by Gasteiger charge is -2.38. The van der Waals surface area contributed by atoms with E-state index in [1.807, 2.05) is 6.20 Å². The van der Waals surface area contributed by atoms with Crippen molar-refractivity contribution < 1.29 is 9.13 Å². The molecule has 1 aliphatic rings. The maximum absolute atomic E-state index is 13.0. The van der Waals surface area contributed by atoms with Crippen LogP contribution in [0.5, 0.6) is 0 Å². The molecular weight excluding hydrogens is 257 g/mol. The first-order chi connectivity index (χ1) is 9.76. The zero-order chi connectivity index (χ0) is 13.9. The van der Waals surface area contributed by atoms with Crippen LogP contribution in [-0.4, -0.2) is 41.9 Å². The number of nitrogens with one attached hydrogen (secondary N) is 1. The van der Waals surface area contributed by atoms with Crippen LogP contribution in [0.3, 0.4) is 0 Å². The summed E-state index contributed by atoms with van der Waals surface area (Å²) in [6.07, 6.45) is 1.85. The van der Waals surface area contributed by atoms with Gasteiger partial charge in [-0.3, -0.25) is 10.00 Å². The molecule has 2 aromatic rings. The molecule has 0 bridgehead atoms. The van der Waals surface area contributed by atoms with Gasteiger partial charge in [0, 0.05) is 43.8 Å². The van der Waals surface area contributed by atoms with Crippen LogP contribution in [-0.2, 0) is 11.3 Å². The number of hydrogen-bond donors (Lipinski definition) is 1. The minimum atomic E-state index is -0.222. The van der Waals surface area contributed by atoms with E-state index in [-0.39, 0.29) is 5.82 Å². The fourth-order valence-corrected chi connectivity index (χ4v) is 2.69. The summed E-state index contributed by atoms with van der Waals surface area (Å²) in [6, 6.07) is 6.49. The molecule has 3 rings (SSSR count). The van der Waals surface area contributed by atoms with Crippen LogP contribution in [0.15, 0.2) is 30.5 Å². The molecule has 1 aromatic carbocycles. The number of nitrogens with zero attached hydrogens (tertiary/aromatic N) is 2. The van der Waals surface area contributed by atoms with Crippen molar-refractivity contribution in [2.75, 3.05) is 26.8 Å². The molecular formula is C15H18FN3O. The molecule has 0 atom stereocenters. The predicted octanol–water partition coefficient (Wildman–Crippen LogP) is 2.29. The lowest BCUT2D eigenvalue weighted by atomic mass is 9.99. The molecule has 106 valence electrons. The number of aromatic amines is 1. The molecule has 4 nitrogen and oxygen atoms in total. The third-order valence-corrected chi connectivity index (χ3v) is 3.68. The van der Waals surface area contributed by atoms with E-state index in [1.165, 1.54) is 12.1 Å². The number of rotatable bonds is 5. The third-order valence-electron chi connectivity index (χ3n) is 3.68. The van der Waals surface area contributed by atoms with E-state index in [2.05, 4.69) is 15.1 Å². The summed E-state index contributed by atoms with van der Waals surface area (Å²) in [5.74, 6) is 0.418. The SMILES string of the molecule is COCC1CN(Cc2cn[nH]c2-c2ccc(F)cc2)C1. The molecule has 5 heteroatoms. The Morgan fingerprint density at radius 1 is 1.35 bits per heavy atom. The summed E-state index contributed by atoms with van der Waals surface area (Å²) < 4.78 is 18.1. The predicted molar refractivity (Wildman–Crippen MR) is 74.6 cm³/mol. The van der Waals surface area contributed by atoms with Crippen molar-refractivity contribution in [1.82, 2.24) is 15.1 Å². The number of halogens is 1. The second-order valence-electron chi connectivity index (χ2n) is 5.29. The highest BCUT2D eigenvalue weighted by atomic mass is 19.1. The first-order valence-electron chi connectivity index (χ1n) is 6.75. The monoisotopic (exact) mass is 275 g/mol. The van der Waals surface area contributed by atoms with E-state index in [4.69, 9.17) is 4.74 Å². The first-order valence-corrected chi connectivity index (χ1v) is 6.75. The van der Waals surface area contributed by atoms with Crippen LogP contribution < -0.4 is 0 Å². The molecule has 0 amide bonds. The molecule has 1 saturated heterocycles. The number of hydrogen-bond acceptors (Lipinski definition) is 3. The minimum absolute atomic E-state index is 0.222. The summed E-state index contributed by atoms with van der Waals surface area (Å²) in [7, 11) is 1.74. The van der Waals surface area contributed by atoms with Gasteiger partial charge >= 0.3 is 0 Å². The topological polar surface area (TPSA) is 41.1 Å². The summed E-state index contributed by atoms with van der Waals surface area (Å²) in [5, 5.41) is 7.13. The van der Waals surface area contributed by atoms with Gasteiger partial charge in [0.2, 0.25) is 0 Å². The molecule has 20 heavy (non-hydrogen) atoms. The van der Waals surface area contributed by atoms with Crippen LogP contribution >= 0.6 is 0 Å². The van der Waals surface area contributed by atoms with Gasteiger partial charge in [-0.25, -0.2) is 4.39 Å². The van der Waals surface area contributed by atoms with Crippen molar-refractivity contribution in [3.8, 4) is 11.3 Å². The smallest absolute Gasteiger partial charge is 0.123 e. The molecule has 0 saturated carbocycles. The Hall–Kier alpha value is -1.72. The molecule has 0 radical (unpaired) electrons. The number of methoxy groups -OCH3 is 1. The lowest BCUT2D eigenvalue weighted by Crippen LogP contribution is -2.47. The van der Waals surface area contributed by atoms with Crippen LogP contribution in [0.25, 0.3) is 11.3 Å². The minimum Gasteiger partial charge on any atom is -0.384 e. The average Bonchev–Trinajstić information content (AvgIpc) is 2.85. The molecule has 0 aliphatic carbocycles. The van der Waals surface area contributed by atoms with E-state index in [0.717, 1.165) is 43.1 Å². The van der Waals surface area contributed by atoms with Gasteiger partial charge < -0.3 is 4.74 Å². The zero-order valence-corrected chi connectivity index (χ0v) is 11.5. The van der Waals surface area contributed by atoms with Gasteiger partial charge in [-0.05, 0) is 24.3 Å². The molecule has 0 spiro atoms. The highest BCUT2D eigenvalue weighted by Gasteiger charge is 2.27. The third kappa shape index (κ3) is 2.73. The Labute approximate surface area is 117 Å². The summed E-state index contributed by atoms with van der Waals surface area (Å²) in [6.45, 7) is 3.81. The number of ether oxygens (including phenoxy) is 1. The second kappa shape index (κ2) is 5.73. The molecule has 1 N–H and O–H groups in total. The largest absolute Gasteiger partial charge is 0.384 e. The Morgan fingerprint density at radius 2 is 2.10 bits per heavy atom. The molecule has 1 fully saturated rings. The van der Waals surface area contributed by atoms with Crippen molar-refractivity contribution in [3.05, 3.63) is 41.8 Å². The Kier molecular flexibility index (Phi) is 3.80. The van der Waals surface area contributed by atoms with E-state index in [9.17, 15) is 4.39 Å². The van der Waals surface area contributed by atoms with Crippen LogP contribution in [0.2, 0.25) is 0 Å². The van der Waals surface area contributed by atoms with Crippen molar-refractivity contribution in [3.63, 3.8) is 0 Å². The number of aromatic nitrogens is 2. The Morgan fingerprint density at radius 3 is 2.80 bits per heavy atom. The van der Waals surface area contributed by atoms with Gasteiger partial charge in [-0.1, -0.05) is 0 Å². The normalized spacial score (nSPS) is 16.3. The molecule has 1 aliphatic heterocycles. The fraction of sp³-hybridized carbons (Fsp3) is 0.400. The van der Waals surface area contributed by atoms with Crippen LogP contribution in [0.4, 0.5) is 4.39 Å². The maximum Gasteiger partial charge on any atom is 0.123 e. The van der Waals surface area contributed by atoms with Crippen molar-refractivity contribution in [2.24, 2.45) is 5.92 Å². The lowest BCUT2D eigenvalue weighted by molar-refractivity contribution is 0.0294. The number of likely N-dealkylation sites (tertiary alicyclic amines) is 1. The van der Waals surface area contributed by atoms with Gasteiger partial charge in [0.05, 0.1) is 18.5 Å². The summed E-state index contributed by atoms with van der Waals surface area (Å²) >= 11 is 0. The van der Waals surface area contributed by atoms with Gasteiger partial charge in [-0.15, -0.1) is 0 Å². The van der Waals surface area contributed by atoms with Crippen LogP contribution in [0, 0.1) is 11.7 Å². The van der Waals surface area contributed by atoms with E-state index >= 15 is 0 Å². The van der Waals surface area contributed by atoms with E-state index in [0.29, 0.717) is 5.92 Å². The number of benzene rings is 1.